The third kappa shape index (κ3) is 7.65. The lowest BCUT2D eigenvalue weighted by Crippen LogP contribution is -2.47. The summed E-state index contributed by atoms with van der Waals surface area (Å²) < 4.78 is 9.91. The molecule has 3 aromatic rings. The molecule has 6 heterocycles. The summed E-state index contributed by atoms with van der Waals surface area (Å²) >= 11 is 0. The Morgan fingerprint density at radius 2 is 1.31 bits per heavy atom. The quantitative estimate of drug-likeness (QED) is 0.157. The predicted molar refractivity (Wildman–Crippen MR) is 252 cm³/mol. The van der Waals surface area contributed by atoms with Crippen LogP contribution in [-0.4, -0.2) is 95.8 Å². The number of benzene rings is 3. The molecular formula is C54H63N5O6. The van der Waals surface area contributed by atoms with E-state index >= 15 is 0 Å². The van der Waals surface area contributed by atoms with Crippen LogP contribution in [0.15, 0.2) is 70.8 Å². The number of methoxy groups -OCH3 is 2. The van der Waals surface area contributed by atoms with E-state index in [4.69, 9.17) is 19.5 Å². The highest BCUT2D eigenvalue weighted by atomic mass is 16.5. The highest BCUT2D eigenvalue weighted by molar-refractivity contribution is 6.04. The number of aliphatic imine (C=N–C) groups is 2. The maximum atomic E-state index is 14.1. The smallest absolute Gasteiger partial charge is 0.306 e. The molecule has 3 saturated heterocycles. The number of carbonyl (C=O) groups excluding carboxylic acids is 4. The van der Waals surface area contributed by atoms with E-state index in [1.54, 1.807) is 0 Å². The van der Waals surface area contributed by atoms with Crippen LogP contribution in [0.5, 0.6) is 0 Å². The van der Waals surface area contributed by atoms with Gasteiger partial charge in [-0.3, -0.25) is 34.1 Å². The largest absolute Gasteiger partial charge is 0.469 e. The third-order valence-corrected chi connectivity index (χ3v) is 16.1. The molecule has 1 aliphatic carbocycles. The second-order valence-corrected chi connectivity index (χ2v) is 20.4. The standard InChI is InChI=1S/C54H63N5O6/c1-29(2)39(26-49(60)64-6)53(62)58-20-8-9-44(58)42-23-36(28-55-42)31-10-12-32(13-11-31)37-15-16-38(52-46-19-18-45(51(37)52)57(46)5)33-14-17-41-34(21-33)22-43(56-41)48-25-35-24-47(35)59(48)54(63)40(30(3)4)27-50(61)65-7/h10-17,21,28-30,35,39-40,44-48H,8-9,18-20,22-27H2,1-7H3/t35?,39-,40-,44-,45?,46?,47?,48-/m0/s1. The number of hydrogen-bond acceptors (Lipinski definition) is 9. The molecule has 2 amide bonds. The Kier molecular flexibility index (Phi) is 11.4. The van der Waals surface area contributed by atoms with Gasteiger partial charge in [0.25, 0.3) is 0 Å². The number of rotatable bonds is 13. The lowest BCUT2D eigenvalue weighted by atomic mass is 9.81. The van der Waals surface area contributed by atoms with Gasteiger partial charge in [-0.1, -0.05) is 70.2 Å². The van der Waals surface area contributed by atoms with E-state index in [0.29, 0.717) is 31.0 Å². The van der Waals surface area contributed by atoms with Gasteiger partial charge >= 0.3 is 11.9 Å². The molecule has 0 spiro atoms. The van der Waals surface area contributed by atoms with Crippen molar-refractivity contribution in [2.75, 3.05) is 27.8 Å². The highest BCUT2D eigenvalue weighted by Crippen LogP contribution is 2.58. The first-order valence-electron chi connectivity index (χ1n) is 24.1. The molecule has 65 heavy (non-hydrogen) atoms. The van der Waals surface area contributed by atoms with Crippen LogP contribution in [0.25, 0.3) is 27.8 Å². The summed E-state index contributed by atoms with van der Waals surface area (Å²) in [6, 6.07) is 21.3. The van der Waals surface area contributed by atoms with Gasteiger partial charge in [-0.15, -0.1) is 0 Å². The Morgan fingerprint density at radius 1 is 0.692 bits per heavy atom. The van der Waals surface area contributed by atoms with Crippen molar-refractivity contribution in [3.05, 3.63) is 83.1 Å². The molecule has 8 atom stereocenters. The first-order chi connectivity index (χ1) is 31.3. The van der Waals surface area contributed by atoms with Crippen LogP contribution in [-0.2, 0) is 35.1 Å². The maximum Gasteiger partial charge on any atom is 0.306 e. The normalized spacial score (nSPS) is 25.9. The summed E-state index contributed by atoms with van der Waals surface area (Å²) in [5, 5.41) is 0. The minimum absolute atomic E-state index is 0.0254. The van der Waals surface area contributed by atoms with Crippen LogP contribution in [0.3, 0.4) is 0 Å². The van der Waals surface area contributed by atoms with E-state index in [1.165, 1.54) is 53.2 Å². The van der Waals surface area contributed by atoms with Crippen LogP contribution in [0, 0.1) is 29.6 Å². The molecule has 340 valence electrons. The van der Waals surface area contributed by atoms with E-state index in [2.05, 4.69) is 71.4 Å². The van der Waals surface area contributed by atoms with Gasteiger partial charge in [0, 0.05) is 55.1 Å². The fourth-order valence-corrected chi connectivity index (χ4v) is 12.4. The van der Waals surface area contributed by atoms with Crippen molar-refractivity contribution in [3.8, 4) is 22.3 Å². The first kappa shape index (κ1) is 43.5. The van der Waals surface area contributed by atoms with Gasteiger partial charge in [0.05, 0.1) is 56.7 Å². The molecule has 11 heteroatoms. The second kappa shape index (κ2) is 17.1. The van der Waals surface area contributed by atoms with Crippen molar-refractivity contribution >= 4 is 46.4 Å². The SMILES string of the molecule is COC(=O)C[C@H](C(=O)N1CCC[C@H]1C1=NC=C(c2ccc(-c3ccc(-c4ccc5c(c4)CC([C@@H]4CC6CC6N4C(=O)[C@@H](CC(=O)OC)C(C)C)=N5)c4c3C3CCC4N3C)cc2)C1)C(C)C. The highest BCUT2D eigenvalue weighted by Gasteiger charge is 2.56. The molecule has 7 aliphatic rings. The molecule has 2 bridgehead atoms. The summed E-state index contributed by atoms with van der Waals surface area (Å²) in [6.07, 6.45) is 9.70. The molecule has 11 nitrogen and oxygen atoms in total. The first-order valence-corrected chi connectivity index (χ1v) is 24.1. The molecule has 0 N–H and O–H groups in total. The number of allylic oxidation sites excluding steroid dienone is 1. The number of nitrogens with zero attached hydrogens (tertiary/aromatic N) is 5. The summed E-state index contributed by atoms with van der Waals surface area (Å²) in [5.41, 5.74) is 14.5. The van der Waals surface area contributed by atoms with Gasteiger partial charge in [-0.05, 0) is 126 Å². The molecule has 3 aromatic carbocycles. The minimum atomic E-state index is -0.407. The van der Waals surface area contributed by atoms with Gasteiger partial charge in [0.15, 0.2) is 0 Å². The molecule has 0 radical (unpaired) electrons. The Morgan fingerprint density at radius 3 is 1.95 bits per heavy atom. The monoisotopic (exact) mass is 877 g/mol. The van der Waals surface area contributed by atoms with Crippen molar-refractivity contribution in [3.63, 3.8) is 0 Å². The van der Waals surface area contributed by atoms with Crippen molar-refractivity contribution in [2.45, 2.75) is 122 Å². The Balaban J connectivity index is 0.855. The number of ether oxygens (including phenoxy) is 2. The van der Waals surface area contributed by atoms with Gasteiger partial charge in [-0.2, -0.15) is 0 Å². The zero-order chi connectivity index (χ0) is 45.4. The second-order valence-electron chi connectivity index (χ2n) is 20.4. The molecular weight excluding hydrogens is 815 g/mol. The number of esters is 2. The Labute approximate surface area is 383 Å². The molecule has 6 aliphatic heterocycles. The number of likely N-dealkylation sites (tertiary alicyclic amines) is 2. The van der Waals surface area contributed by atoms with Gasteiger partial charge < -0.3 is 19.3 Å². The minimum Gasteiger partial charge on any atom is -0.469 e. The van der Waals surface area contributed by atoms with Crippen molar-refractivity contribution in [1.82, 2.24) is 14.7 Å². The van der Waals surface area contributed by atoms with Crippen LogP contribution in [0.4, 0.5) is 5.69 Å². The van der Waals surface area contributed by atoms with E-state index < -0.39 is 11.8 Å². The zero-order valence-electron chi connectivity index (χ0n) is 39.0. The molecule has 4 fully saturated rings. The number of fused-ring (bicyclic) bond motifs is 7. The lowest BCUT2D eigenvalue weighted by molar-refractivity contribution is -0.148. The van der Waals surface area contributed by atoms with Gasteiger partial charge in [0.1, 0.15) is 0 Å². The molecule has 10 rings (SSSR count). The molecule has 0 aromatic heterocycles. The van der Waals surface area contributed by atoms with Crippen molar-refractivity contribution in [1.29, 1.82) is 0 Å². The van der Waals surface area contributed by atoms with Gasteiger partial charge in [-0.25, -0.2) is 0 Å². The fraction of sp³-hybridized carbons (Fsp3) is 0.519. The van der Waals surface area contributed by atoms with Crippen molar-refractivity contribution in [2.24, 2.45) is 39.6 Å². The zero-order valence-corrected chi connectivity index (χ0v) is 39.0. The lowest BCUT2D eigenvalue weighted by Gasteiger charge is -2.32. The molecule has 4 unspecified atom stereocenters. The maximum absolute atomic E-state index is 14.1. The third-order valence-electron chi connectivity index (χ3n) is 16.1. The van der Waals surface area contributed by atoms with E-state index in [1.807, 2.05) is 38.8 Å². The number of amides is 2. The fourth-order valence-electron chi connectivity index (χ4n) is 12.4. The summed E-state index contributed by atoms with van der Waals surface area (Å²) in [7, 11) is 5.05. The Hall–Kier alpha value is -5.42. The number of piperidine rings is 1. The van der Waals surface area contributed by atoms with E-state index in [-0.39, 0.29) is 66.6 Å². The number of carbonyl (C=O) groups is 4. The van der Waals surface area contributed by atoms with Crippen molar-refractivity contribution < 1.29 is 28.7 Å². The summed E-state index contributed by atoms with van der Waals surface area (Å²) in [6.45, 7) is 8.72. The van der Waals surface area contributed by atoms with E-state index in [9.17, 15) is 19.2 Å². The van der Waals surface area contributed by atoms with Crippen LogP contribution in [0.1, 0.15) is 120 Å². The molecule has 1 saturated carbocycles. The van der Waals surface area contributed by atoms with Crippen LogP contribution >= 0.6 is 0 Å². The Bertz CT molecular complexity index is 2540. The van der Waals surface area contributed by atoms with Crippen LogP contribution in [0.2, 0.25) is 0 Å². The van der Waals surface area contributed by atoms with Crippen LogP contribution < -0.4 is 0 Å². The van der Waals surface area contributed by atoms with Gasteiger partial charge in [0.2, 0.25) is 11.8 Å². The topological polar surface area (TPSA) is 121 Å². The summed E-state index contributed by atoms with van der Waals surface area (Å²) in [4.78, 5) is 69.2. The average Bonchev–Trinajstić information content (AvgIpc) is 4.00. The number of hydrogen-bond donors (Lipinski definition) is 0. The average molecular weight is 878 g/mol. The predicted octanol–water partition coefficient (Wildman–Crippen LogP) is 9.31. The van der Waals surface area contributed by atoms with E-state index in [0.717, 1.165) is 73.2 Å². The summed E-state index contributed by atoms with van der Waals surface area (Å²) in [5.74, 6) is -0.823.